The molecule has 1 aromatic rings. The van der Waals surface area contributed by atoms with Gasteiger partial charge in [-0.3, -0.25) is 4.79 Å². The van der Waals surface area contributed by atoms with Crippen LogP contribution in [0.15, 0.2) is 40.1 Å². The Bertz CT molecular complexity index is 519. The smallest absolute Gasteiger partial charge is 0.415 e. The van der Waals surface area contributed by atoms with Crippen molar-refractivity contribution in [1.82, 2.24) is 0 Å². The highest BCUT2D eigenvalue weighted by Gasteiger charge is 2.45. The van der Waals surface area contributed by atoms with E-state index in [-0.39, 0.29) is 9.80 Å². The van der Waals surface area contributed by atoms with Crippen molar-refractivity contribution in [1.29, 1.82) is 0 Å². The number of thioether (sulfide) groups is 2. The molecule has 0 heterocycles. The van der Waals surface area contributed by atoms with Crippen LogP contribution in [0.25, 0.3) is 0 Å². The van der Waals surface area contributed by atoms with E-state index in [0.717, 1.165) is 23.5 Å². The molecule has 22 heavy (non-hydrogen) atoms. The lowest BCUT2D eigenvalue weighted by Gasteiger charge is -2.23. The van der Waals surface area contributed by atoms with Gasteiger partial charge in [0.15, 0.2) is 0 Å². The SMILES string of the molecule is CCSC(SCC)=C(C(C(=O)O)c1ccccc1)C(F)(F)F. The lowest BCUT2D eigenvalue weighted by atomic mass is 9.91. The summed E-state index contributed by atoms with van der Waals surface area (Å²) in [6.07, 6.45) is -4.70. The summed E-state index contributed by atoms with van der Waals surface area (Å²) < 4.78 is 40.7. The van der Waals surface area contributed by atoms with Gasteiger partial charge in [0.2, 0.25) is 0 Å². The summed E-state index contributed by atoms with van der Waals surface area (Å²) in [5.41, 5.74) is -0.849. The van der Waals surface area contributed by atoms with E-state index in [1.54, 1.807) is 32.0 Å². The number of alkyl halides is 3. The minimum absolute atomic E-state index is 0.0359. The highest BCUT2D eigenvalue weighted by Crippen LogP contribution is 2.46. The van der Waals surface area contributed by atoms with Crippen molar-refractivity contribution in [3.63, 3.8) is 0 Å². The van der Waals surface area contributed by atoms with E-state index in [9.17, 15) is 23.1 Å². The van der Waals surface area contributed by atoms with Crippen LogP contribution in [-0.2, 0) is 4.79 Å². The normalized spacial score (nSPS) is 12.8. The number of hydrogen-bond donors (Lipinski definition) is 1. The second-order valence-corrected chi connectivity index (χ2v) is 7.05. The van der Waals surface area contributed by atoms with Gasteiger partial charge in [-0.05, 0) is 17.1 Å². The van der Waals surface area contributed by atoms with Crippen LogP contribution in [0.2, 0.25) is 0 Å². The molecule has 1 unspecified atom stereocenters. The minimum atomic E-state index is -4.70. The van der Waals surface area contributed by atoms with Crippen molar-refractivity contribution >= 4 is 29.5 Å². The first-order valence-corrected chi connectivity index (χ1v) is 8.64. The zero-order chi connectivity index (χ0) is 16.8. The van der Waals surface area contributed by atoms with Crippen LogP contribution in [0.1, 0.15) is 25.3 Å². The molecule has 0 aliphatic rings. The van der Waals surface area contributed by atoms with Crippen LogP contribution in [-0.4, -0.2) is 28.8 Å². The number of aliphatic carboxylic acids is 1. The molecule has 0 fully saturated rings. The molecule has 2 nitrogen and oxygen atoms in total. The van der Waals surface area contributed by atoms with Gasteiger partial charge in [0.25, 0.3) is 0 Å². The topological polar surface area (TPSA) is 37.3 Å². The molecule has 1 N–H and O–H groups in total. The zero-order valence-electron chi connectivity index (χ0n) is 12.2. The largest absolute Gasteiger partial charge is 0.481 e. The van der Waals surface area contributed by atoms with Crippen molar-refractivity contribution in [2.45, 2.75) is 25.9 Å². The highest BCUT2D eigenvalue weighted by atomic mass is 32.2. The van der Waals surface area contributed by atoms with E-state index in [0.29, 0.717) is 11.5 Å². The maximum Gasteiger partial charge on any atom is 0.415 e. The van der Waals surface area contributed by atoms with Crippen LogP contribution in [0, 0.1) is 0 Å². The van der Waals surface area contributed by atoms with Gasteiger partial charge in [-0.1, -0.05) is 44.2 Å². The fraction of sp³-hybridized carbons (Fsp3) is 0.400. The Hall–Kier alpha value is -1.08. The molecule has 0 aliphatic heterocycles. The lowest BCUT2D eigenvalue weighted by molar-refractivity contribution is -0.142. The first-order chi connectivity index (χ1) is 10.3. The third-order valence-electron chi connectivity index (χ3n) is 2.74. The van der Waals surface area contributed by atoms with E-state index < -0.39 is 23.6 Å². The van der Waals surface area contributed by atoms with Gasteiger partial charge in [-0.25, -0.2) is 0 Å². The fourth-order valence-electron chi connectivity index (χ4n) is 1.93. The molecule has 1 aromatic carbocycles. The highest BCUT2D eigenvalue weighted by molar-refractivity contribution is 8.22. The van der Waals surface area contributed by atoms with E-state index >= 15 is 0 Å². The van der Waals surface area contributed by atoms with Gasteiger partial charge in [0, 0.05) is 4.24 Å². The molecule has 1 atom stereocenters. The number of halogens is 3. The second kappa shape index (κ2) is 8.53. The number of benzene rings is 1. The van der Waals surface area contributed by atoms with Crippen LogP contribution < -0.4 is 0 Å². The molecule has 0 amide bonds. The molecule has 7 heteroatoms. The molecule has 0 aromatic heterocycles. The lowest BCUT2D eigenvalue weighted by Crippen LogP contribution is -2.25. The predicted molar refractivity (Wildman–Crippen MR) is 86.2 cm³/mol. The van der Waals surface area contributed by atoms with Crippen LogP contribution in [0.3, 0.4) is 0 Å². The first-order valence-electron chi connectivity index (χ1n) is 6.67. The Morgan fingerprint density at radius 2 is 1.64 bits per heavy atom. The summed E-state index contributed by atoms with van der Waals surface area (Å²) in [5, 5.41) is 9.39. The van der Waals surface area contributed by atoms with Crippen molar-refractivity contribution < 1.29 is 23.1 Å². The van der Waals surface area contributed by atoms with Gasteiger partial charge in [-0.2, -0.15) is 13.2 Å². The van der Waals surface area contributed by atoms with Crippen LogP contribution in [0.5, 0.6) is 0 Å². The second-order valence-electron chi connectivity index (χ2n) is 4.25. The Kier molecular flexibility index (Phi) is 7.35. The average molecular weight is 350 g/mol. The Morgan fingerprint density at radius 3 is 2.00 bits per heavy atom. The van der Waals surface area contributed by atoms with E-state index in [1.807, 2.05) is 0 Å². The molecule has 0 radical (unpaired) electrons. The Balaban J connectivity index is 3.52. The standard InChI is InChI=1S/C15H17F3O2S2/c1-3-21-14(22-4-2)12(15(16,17)18)11(13(19)20)10-8-6-5-7-9-10/h5-9,11H,3-4H2,1-2H3,(H,19,20). The molecule has 0 saturated heterocycles. The summed E-state index contributed by atoms with van der Waals surface area (Å²) in [6, 6.07) is 7.55. The number of carboxylic acid groups (broad SMARTS) is 1. The molecular weight excluding hydrogens is 333 g/mol. The molecule has 0 aliphatic carbocycles. The van der Waals surface area contributed by atoms with Crippen molar-refractivity contribution in [3.8, 4) is 0 Å². The predicted octanol–water partition coefficient (Wildman–Crippen LogP) is 5.13. The molecule has 122 valence electrons. The van der Waals surface area contributed by atoms with Gasteiger partial charge < -0.3 is 5.11 Å². The number of carboxylic acids is 1. The molecular formula is C15H17F3O2S2. The Labute approximate surface area is 136 Å². The van der Waals surface area contributed by atoms with Gasteiger partial charge in [0.1, 0.15) is 5.92 Å². The quantitative estimate of drug-likeness (QED) is 0.739. The van der Waals surface area contributed by atoms with Gasteiger partial charge >= 0.3 is 12.1 Å². The molecule has 0 spiro atoms. The van der Waals surface area contributed by atoms with E-state index in [1.165, 1.54) is 12.1 Å². The molecule has 1 rings (SSSR count). The third kappa shape index (κ3) is 4.98. The maximum absolute atomic E-state index is 13.6. The first kappa shape index (κ1) is 19.0. The van der Waals surface area contributed by atoms with Crippen molar-refractivity contribution in [2.75, 3.05) is 11.5 Å². The number of carbonyl (C=O) groups is 1. The minimum Gasteiger partial charge on any atom is -0.481 e. The van der Waals surface area contributed by atoms with Crippen LogP contribution in [0.4, 0.5) is 13.2 Å². The van der Waals surface area contributed by atoms with E-state index in [2.05, 4.69) is 0 Å². The Morgan fingerprint density at radius 1 is 1.14 bits per heavy atom. The van der Waals surface area contributed by atoms with Crippen molar-refractivity contribution in [3.05, 3.63) is 45.7 Å². The van der Waals surface area contributed by atoms with Gasteiger partial charge in [0.05, 0.1) is 5.57 Å². The summed E-state index contributed by atoms with van der Waals surface area (Å²) in [4.78, 5) is 11.5. The summed E-state index contributed by atoms with van der Waals surface area (Å²) in [6.45, 7) is 3.49. The number of rotatable bonds is 7. The van der Waals surface area contributed by atoms with Crippen molar-refractivity contribution in [2.24, 2.45) is 0 Å². The fourth-order valence-corrected chi connectivity index (χ4v) is 4.28. The van der Waals surface area contributed by atoms with E-state index in [4.69, 9.17) is 0 Å². The summed E-state index contributed by atoms with van der Waals surface area (Å²) >= 11 is 2.07. The van der Waals surface area contributed by atoms with Crippen LogP contribution >= 0.6 is 23.5 Å². The number of hydrogen-bond acceptors (Lipinski definition) is 3. The monoisotopic (exact) mass is 350 g/mol. The summed E-state index contributed by atoms with van der Waals surface area (Å²) in [7, 11) is 0. The molecule has 0 bridgehead atoms. The average Bonchev–Trinajstić information content (AvgIpc) is 2.43. The third-order valence-corrected chi connectivity index (χ3v) is 4.99. The maximum atomic E-state index is 13.6. The van der Waals surface area contributed by atoms with Gasteiger partial charge in [-0.15, -0.1) is 23.5 Å². The summed E-state index contributed by atoms with van der Waals surface area (Å²) in [5.74, 6) is -2.31. The molecule has 0 saturated carbocycles. The zero-order valence-corrected chi connectivity index (χ0v) is 13.8.